The Morgan fingerprint density at radius 3 is 2.84 bits per heavy atom. The lowest BCUT2D eigenvalue weighted by atomic mass is 10.2. The van der Waals surface area contributed by atoms with Crippen LogP contribution in [-0.4, -0.2) is 30.8 Å². The molecule has 0 bridgehead atoms. The molecule has 0 atom stereocenters. The maximum Gasteiger partial charge on any atom is 0.305 e. The lowest BCUT2D eigenvalue weighted by Crippen LogP contribution is -2.17. The van der Waals surface area contributed by atoms with Crippen molar-refractivity contribution in [1.82, 2.24) is 19.7 Å². The number of anilines is 1. The highest BCUT2D eigenvalue weighted by atomic mass is 35.5. The Morgan fingerprint density at radius 2 is 2.12 bits per heavy atom. The fourth-order valence-electron chi connectivity index (χ4n) is 2.30. The molecule has 10 heteroatoms. The van der Waals surface area contributed by atoms with Gasteiger partial charge < -0.3 is 10.4 Å². The fraction of sp³-hybridized carbons (Fsp3) is 0.200. The molecule has 0 spiro atoms. The van der Waals surface area contributed by atoms with E-state index in [0.717, 1.165) is 5.56 Å². The topological polar surface area (TPSA) is 113 Å². The van der Waals surface area contributed by atoms with Gasteiger partial charge in [0.1, 0.15) is 5.52 Å². The molecule has 1 aromatic carbocycles. The van der Waals surface area contributed by atoms with Crippen molar-refractivity contribution in [3.05, 3.63) is 50.4 Å². The average molecular weight is 382 g/mol. The third-order valence-electron chi connectivity index (χ3n) is 3.48. The van der Waals surface area contributed by atoms with Gasteiger partial charge in [-0.15, -0.1) is 0 Å². The molecule has 8 nitrogen and oxygen atoms in total. The van der Waals surface area contributed by atoms with E-state index >= 15 is 0 Å². The predicted molar refractivity (Wildman–Crippen MR) is 94.2 cm³/mol. The van der Waals surface area contributed by atoms with Gasteiger partial charge in [0, 0.05) is 6.54 Å². The number of fused-ring (bicyclic) bond motifs is 1. The zero-order chi connectivity index (χ0) is 18.0. The number of rotatable bonds is 6. The van der Waals surface area contributed by atoms with E-state index in [-0.39, 0.29) is 24.4 Å². The van der Waals surface area contributed by atoms with Crippen LogP contribution < -0.4 is 10.9 Å². The first-order chi connectivity index (χ1) is 11.9. The van der Waals surface area contributed by atoms with Gasteiger partial charge in [-0.2, -0.15) is 5.10 Å². The monoisotopic (exact) mass is 381 g/mol. The van der Waals surface area contributed by atoms with E-state index in [9.17, 15) is 9.59 Å². The third-order valence-corrected chi connectivity index (χ3v) is 4.22. The van der Waals surface area contributed by atoms with Crippen LogP contribution in [0, 0.1) is 0 Å². The number of nitrogens with one attached hydrogen (secondary N) is 2. The SMILES string of the molecule is O=C(O)CCn1ncc2nc(NCc3ccc(Cl)c(Cl)c3)[nH]c(=O)c21. The molecule has 0 saturated carbocycles. The highest BCUT2D eigenvalue weighted by molar-refractivity contribution is 6.42. The predicted octanol–water partition coefficient (Wildman–Crippen LogP) is 2.51. The lowest BCUT2D eigenvalue weighted by Gasteiger charge is -2.07. The standard InChI is InChI=1S/C15H13Cl2N5O3/c16-9-2-1-8(5-10(9)17)6-18-15-20-11-7-19-22(4-3-12(23)24)13(11)14(25)21-15/h1-2,5,7H,3-4,6H2,(H,23,24)(H2,18,20,21,25). The molecule has 2 aromatic heterocycles. The Kier molecular flexibility index (Phi) is 4.91. The van der Waals surface area contributed by atoms with E-state index in [1.807, 2.05) is 6.07 Å². The van der Waals surface area contributed by atoms with Crippen molar-refractivity contribution in [1.29, 1.82) is 0 Å². The van der Waals surface area contributed by atoms with E-state index < -0.39 is 11.5 Å². The minimum Gasteiger partial charge on any atom is -0.481 e. The molecule has 3 N–H and O–H groups in total. The smallest absolute Gasteiger partial charge is 0.305 e. The molecule has 0 aliphatic carbocycles. The summed E-state index contributed by atoms with van der Waals surface area (Å²) in [4.78, 5) is 29.8. The summed E-state index contributed by atoms with van der Waals surface area (Å²) in [5.41, 5.74) is 1.09. The van der Waals surface area contributed by atoms with Crippen LogP contribution in [0.1, 0.15) is 12.0 Å². The summed E-state index contributed by atoms with van der Waals surface area (Å²) in [6.07, 6.45) is 1.30. The molecule has 0 amide bonds. The van der Waals surface area contributed by atoms with Crippen LogP contribution in [0.15, 0.2) is 29.2 Å². The molecule has 2 heterocycles. The Morgan fingerprint density at radius 1 is 1.32 bits per heavy atom. The van der Waals surface area contributed by atoms with Crippen molar-refractivity contribution in [2.24, 2.45) is 0 Å². The van der Waals surface area contributed by atoms with E-state index in [1.165, 1.54) is 10.9 Å². The van der Waals surface area contributed by atoms with E-state index in [1.54, 1.807) is 12.1 Å². The van der Waals surface area contributed by atoms with Crippen LogP contribution in [0.4, 0.5) is 5.95 Å². The molecule has 0 aliphatic rings. The highest BCUT2D eigenvalue weighted by Crippen LogP contribution is 2.22. The number of hydrogen-bond acceptors (Lipinski definition) is 5. The van der Waals surface area contributed by atoms with Crippen LogP contribution in [0.2, 0.25) is 10.0 Å². The van der Waals surface area contributed by atoms with Gasteiger partial charge in [-0.05, 0) is 17.7 Å². The maximum atomic E-state index is 12.3. The number of carboxylic acids is 1. The molecule has 0 fully saturated rings. The van der Waals surface area contributed by atoms with E-state index in [4.69, 9.17) is 28.3 Å². The van der Waals surface area contributed by atoms with Gasteiger partial charge in [0.2, 0.25) is 5.95 Å². The zero-order valence-electron chi connectivity index (χ0n) is 12.8. The van der Waals surface area contributed by atoms with Crippen LogP contribution in [-0.2, 0) is 17.9 Å². The number of hydrogen-bond donors (Lipinski definition) is 3. The summed E-state index contributed by atoms with van der Waals surface area (Å²) in [5, 5.41) is 16.7. The number of benzene rings is 1. The summed E-state index contributed by atoms with van der Waals surface area (Å²) < 4.78 is 1.33. The molecule has 3 rings (SSSR count). The van der Waals surface area contributed by atoms with E-state index in [2.05, 4.69) is 20.4 Å². The zero-order valence-corrected chi connectivity index (χ0v) is 14.3. The first-order valence-corrected chi connectivity index (χ1v) is 8.05. The van der Waals surface area contributed by atoms with Gasteiger partial charge in [0.05, 0.1) is 29.2 Å². The molecule has 25 heavy (non-hydrogen) atoms. The number of aromatic nitrogens is 4. The Balaban J connectivity index is 1.80. The van der Waals surface area contributed by atoms with Crippen LogP contribution in [0.3, 0.4) is 0 Å². The fourth-order valence-corrected chi connectivity index (χ4v) is 2.62. The van der Waals surface area contributed by atoms with Crippen molar-refractivity contribution < 1.29 is 9.90 Å². The number of aliphatic carboxylic acids is 1. The van der Waals surface area contributed by atoms with Gasteiger partial charge in [0.25, 0.3) is 5.56 Å². The summed E-state index contributed by atoms with van der Waals surface area (Å²) in [7, 11) is 0. The quantitative estimate of drug-likeness (QED) is 0.604. The van der Waals surface area contributed by atoms with Gasteiger partial charge in [-0.25, -0.2) is 4.98 Å². The van der Waals surface area contributed by atoms with Crippen LogP contribution in [0.5, 0.6) is 0 Å². The maximum absolute atomic E-state index is 12.3. The lowest BCUT2D eigenvalue weighted by molar-refractivity contribution is -0.137. The van der Waals surface area contributed by atoms with Crippen LogP contribution in [0.25, 0.3) is 11.0 Å². The number of carboxylic acid groups (broad SMARTS) is 1. The first-order valence-electron chi connectivity index (χ1n) is 7.29. The number of aromatic amines is 1. The second-order valence-electron chi connectivity index (χ2n) is 5.26. The Hall–Kier alpha value is -2.58. The number of H-pyrrole nitrogens is 1. The molecule has 0 aliphatic heterocycles. The van der Waals surface area contributed by atoms with Gasteiger partial charge >= 0.3 is 5.97 Å². The number of aryl methyl sites for hydroxylation is 1. The minimum atomic E-state index is -0.965. The molecule has 130 valence electrons. The molecular formula is C15H13Cl2N5O3. The highest BCUT2D eigenvalue weighted by Gasteiger charge is 2.11. The summed E-state index contributed by atoms with van der Waals surface area (Å²) in [6, 6.07) is 5.21. The summed E-state index contributed by atoms with van der Waals surface area (Å²) in [6.45, 7) is 0.484. The van der Waals surface area contributed by atoms with E-state index in [0.29, 0.717) is 22.1 Å². The van der Waals surface area contributed by atoms with Crippen molar-refractivity contribution in [2.45, 2.75) is 19.5 Å². The molecule has 0 unspecified atom stereocenters. The summed E-state index contributed by atoms with van der Waals surface area (Å²) in [5.74, 6) is -0.686. The Labute approximate surface area is 151 Å². The van der Waals surface area contributed by atoms with Crippen molar-refractivity contribution in [3.8, 4) is 0 Å². The molecular weight excluding hydrogens is 369 g/mol. The van der Waals surface area contributed by atoms with Crippen molar-refractivity contribution in [3.63, 3.8) is 0 Å². The second kappa shape index (κ2) is 7.12. The third kappa shape index (κ3) is 3.92. The molecule has 0 saturated heterocycles. The number of halogens is 2. The normalized spacial score (nSPS) is 11.0. The van der Waals surface area contributed by atoms with Crippen molar-refractivity contribution >= 4 is 46.2 Å². The summed E-state index contributed by atoms with van der Waals surface area (Å²) >= 11 is 11.8. The molecule has 0 radical (unpaired) electrons. The van der Waals surface area contributed by atoms with Gasteiger partial charge in [-0.3, -0.25) is 19.3 Å². The molecule has 3 aromatic rings. The number of nitrogens with zero attached hydrogens (tertiary/aromatic N) is 3. The van der Waals surface area contributed by atoms with Crippen LogP contribution >= 0.6 is 23.2 Å². The minimum absolute atomic E-state index is 0.0969. The van der Waals surface area contributed by atoms with Crippen molar-refractivity contribution in [2.75, 3.05) is 5.32 Å². The average Bonchev–Trinajstić information content (AvgIpc) is 2.97. The first kappa shape index (κ1) is 17.2. The van der Waals surface area contributed by atoms with Gasteiger partial charge in [0.15, 0.2) is 5.52 Å². The number of carbonyl (C=O) groups is 1. The second-order valence-corrected chi connectivity index (χ2v) is 6.08. The largest absolute Gasteiger partial charge is 0.481 e. The van der Waals surface area contributed by atoms with Gasteiger partial charge in [-0.1, -0.05) is 29.3 Å². The Bertz CT molecular complexity index is 998.